The van der Waals surface area contributed by atoms with Crippen LogP contribution in [-0.2, 0) is 5.41 Å². The van der Waals surface area contributed by atoms with Crippen LogP contribution in [-0.4, -0.2) is 9.97 Å². The Morgan fingerprint density at radius 2 is 0.845 bits per heavy atom. The summed E-state index contributed by atoms with van der Waals surface area (Å²) < 4.78 is 2.69. The Bertz CT molecular complexity index is 3430. The van der Waals surface area contributed by atoms with Crippen molar-refractivity contribution in [2.24, 2.45) is 0 Å². The molecule has 0 amide bonds. The Hall–Kier alpha value is -6.94. The lowest BCUT2D eigenvalue weighted by molar-refractivity contribution is 0.661. The first-order chi connectivity index (χ1) is 28.5. The quantitative estimate of drug-likeness (QED) is 0.167. The fraction of sp³-hybridized carbons (Fsp3) is 0.0545. The van der Waals surface area contributed by atoms with E-state index in [0.717, 1.165) is 21.8 Å². The topological polar surface area (TPSA) is 25.8 Å². The van der Waals surface area contributed by atoms with Gasteiger partial charge >= 0.3 is 0 Å². The maximum Gasteiger partial charge on any atom is 0.0971 e. The van der Waals surface area contributed by atoms with E-state index in [9.17, 15) is 0 Å². The van der Waals surface area contributed by atoms with Crippen LogP contribution < -0.4 is 0 Å². The minimum Gasteiger partial charge on any atom is -0.252 e. The molecule has 0 aliphatic heterocycles. The summed E-state index contributed by atoms with van der Waals surface area (Å²) in [6, 6.07) is 63.0. The van der Waals surface area contributed by atoms with Crippen molar-refractivity contribution >= 4 is 64.1 Å². The largest absolute Gasteiger partial charge is 0.252 e. The van der Waals surface area contributed by atoms with E-state index >= 15 is 0 Å². The van der Waals surface area contributed by atoms with Gasteiger partial charge in [-0.2, -0.15) is 0 Å². The number of fused-ring (bicyclic) bond motifs is 12. The van der Waals surface area contributed by atoms with Crippen molar-refractivity contribution in [2.75, 3.05) is 0 Å². The molecule has 0 radical (unpaired) electrons. The SMILES string of the molecule is CC1(C)c2cc(-c3ccc(-c4ccc5c(c4)c4ccccc4c4nccnc54)cc3)ccc2-c2ccc(-c3ccc(-c4cccc5c4sc4ccccc45)cc3)cc21. The highest BCUT2D eigenvalue weighted by Gasteiger charge is 2.36. The van der Waals surface area contributed by atoms with Gasteiger partial charge in [-0.15, -0.1) is 11.3 Å². The Labute approximate surface area is 340 Å². The molecule has 9 aromatic carbocycles. The molecule has 0 saturated heterocycles. The molecule has 3 heteroatoms. The van der Waals surface area contributed by atoms with E-state index in [1.807, 2.05) is 11.3 Å². The predicted molar refractivity (Wildman–Crippen MR) is 247 cm³/mol. The molecule has 0 atom stereocenters. The fourth-order valence-electron chi connectivity index (χ4n) is 9.58. The zero-order valence-corrected chi connectivity index (χ0v) is 32.9. The normalized spacial score (nSPS) is 13.1. The van der Waals surface area contributed by atoms with Gasteiger partial charge in [0, 0.05) is 48.8 Å². The summed E-state index contributed by atoms with van der Waals surface area (Å²) in [6.45, 7) is 4.75. The lowest BCUT2D eigenvalue weighted by atomic mass is 9.80. The van der Waals surface area contributed by atoms with Crippen LogP contribution in [0.1, 0.15) is 25.0 Å². The van der Waals surface area contributed by atoms with Crippen molar-refractivity contribution < 1.29 is 0 Å². The molecule has 11 aromatic rings. The molecule has 12 rings (SSSR count). The number of hydrogen-bond donors (Lipinski definition) is 0. The van der Waals surface area contributed by atoms with Crippen molar-refractivity contribution in [3.05, 3.63) is 193 Å². The standard InChI is InChI=1S/C55H36N2S/c1-55(2)49-31-38(34-16-14-33(15-17-34)37-24-27-46-48(30-37)41-8-3-4-10-45(41)52-53(46)57-29-28-56-52)22-25-42(49)43-26-23-39(32-50(43)55)35-18-20-36(21-19-35)40-11-7-12-47-44-9-5-6-13-51(44)58-54(40)47/h3-32H,1-2H3. The predicted octanol–water partition coefficient (Wildman–Crippen LogP) is 15.3. The fourth-order valence-corrected chi connectivity index (χ4v) is 10.8. The second-order valence-corrected chi connectivity index (χ2v) is 17.2. The number of hydrogen-bond acceptors (Lipinski definition) is 3. The van der Waals surface area contributed by atoms with E-state index in [0.29, 0.717) is 0 Å². The summed E-state index contributed by atoms with van der Waals surface area (Å²) in [5.74, 6) is 0. The summed E-state index contributed by atoms with van der Waals surface area (Å²) in [5.41, 5.74) is 17.1. The zero-order chi connectivity index (χ0) is 38.5. The second-order valence-electron chi connectivity index (χ2n) is 16.1. The number of aromatic nitrogens is 2. The lowest BCUT2D eigenvalue weighted by Gasteiger charge is -2.22. The molecular weight excluding hydrogens is 721 g/mol. The van der Waals surface area contributed by atoms with Gasteiger partial charge in [0.05, 0.1) is 11.0 Å². The van der Waals surface area contributed by atoms with Crippen molar-refractivity contribution in [3.8, 4) is 55.6 Å². The third-order valence-corrected chi connectivity index (χ3v) is 13.8. The number of thiophene rings is 1. The Balaban J connectivity index is 0.844. The summed E-state index contributed by atoms with van der Waals surface area (Å²) >= 11 is 1.89. The highest BCUT2D eigenvalue weighted by atomic mass is 32.1. The Kier molecular flexibility index (Phi) is 7.18. The van der Waals surface area contributed by atoms with Gasteiger partial charge in [-0.3, -0.25) is 9.97 Å². The first kappa shape index (κ1) is 33.2. The molecule has 2 nitrogen and oxygen atoms in total. The third kappa shape index (κ3) is 4.97. The van der Waals surface area contributed by atoms with Gasteiger partial charge in [0.1, 0.15) is 0 Å². The van der Waals surface area contributed by atoms with Crippen LogP contribution in [0.4, 0.5) is 0 Å². The first-order valence-corrected chi connectivity index (χ1v) is 20.8. The van der Waals surface area contributed by atoms with Crippen molar-refractivity contribution in [1.82, 2.24) is 9.97 Å². The van der Waals surface area contributed by atoms with Gasteiger partial charge in [0.15, 0.2) is 0 Å². The lowest BCUT2D eigenvalue weighted by Crippen LogP contribution is -2.15. The third-order valence-electron chi connectivity index (χ3n) is 12.6. The van der Waals surface area contributed by atoms with Gasteiger partial charge in [-0.1, -0.05) is 159 Å². The molecule has 0 unspecified atom stereocenters. The molecule has 2 heterocycles. The number of rotatable bonds is 4. The zero-order valence-electron chi connectivity index (χ0n) is 32.1. The minimum absolute atomic E-state index is 0.129. The van der Waals surface area contributed by atoms with E-state index in [1.165, 1.54) is 97.7 Å². The van der Waals surface area contributed by atoms with Crippen LogP contribution >= 0.6 is 11.3 Å². The maximum absolute atomic E-state index is 4.74. The van der Waals surface area contributed by atoms with Crippen LogP contribution in [0.25, 0.3) is 108 Å². The second kappa shape index (κ2) is 12.5. The summed E-state index contributed by atoms with van der Waals surface area (Å²) in [6.07, 6.45) is 3.57. The van der Waals surface area contributed by atoms with Crippen LogP contribution in [0, 0.1) is 0 Å². The Morgan fingerprint density at radius 1 is 0.362 bits per heavy atom. The van der Waals surface area contributed by atoms with Crippen LogP contribution in [0.2, 0.25) is 0 Å². The highest BCUT2D eigenvalue weighted by Crippen LogP contribution is 2.51. The first-order valence-electron chi connectivity index (χ1n) is 20.0. The average Bonchev–Trinajstić information content (AvgIpc) is 3.78. The highest BCUT2D eigenvalue weighted by molar-refractivity contribution is 7.26. The molecule has 272 valence electrons. The van der Waals surface area contributed by atoms with E-state index < -0.39 is 0 Å². The molecule has 0 saturated carbocycles. The maximum atomic E-state index is 4.74. The van der Waals surface area contributed by atoms with Crippen molar-refractivity contribution in [1.29, 1.82) is 0 Å². The molecule has 0 fully saturated rings. The molecular formula is C55H36N2S. The van der Waals surface area contributed by atoms with Crippen molar-refractivity contribution in [2.45, 2.75) is 19.3 Å². The summed E-state index contributed by atoms with van der Waals surface area (Å²) in [5, 5.41) is 7.34. The number of nitrogens with zero attached hydrogens (tertiary/aromatic N) is 2. The summed E-state index contributed by atoms with van der Waals surface area (Å²) in [7, 11) is 0. The monoisotopic (exact) mass is 756 g/mol. The Morgan fingerprint density at radius 3 is 1.48 bits per heavy atom. The molecule has 1 aliphatic rings. The molecule has 0 bridgehead atoms. The van der Waals surface area contributed by atoms with Crippen LogP contribution in [0.3, 0.4) is 0 Å². The van der Waals surface area contributed by atoms with E-state index in [-0.39, 0.29) is 5.41 Å². The smallest absolute Gasteiger partial charge is 0.0971 e. The van der Waals surface area contributed by atoms with Gasteiger partial charge in [0.2, 0.25) is 0 Å². The van der Waals surface area contributed by atoms with Gasteiger partial charge in [0.25, 0.3) is 0 Å². The van der Waals surface area contributed by atoms with Gasteiger partial charge in [-0.25, -0.2) is 0 Å². The molecule has 58 heavy (non-hydrogen) atoms. The van der Waals surface area contributed by atoms with Crippen LogP contribution in [0.15, 0.2) is 182 Å². The summed E-state index contributed by atoms with van der Waals surface area (Å²) in [4.78, 5) is 9.43. The molecule has 0 spiro atoms. The average molecular weight is 757 g/mol. The minimum atomic E-state index is -0.129. The van der Waals surface area contributed by atoms with Gasteiger partial charge < -0.3 is 0 Å². The van der Waals surface area contributed by atoms with E-state index in [2.05, 4.69) is 184 Å². The number of benzene rings is 9. The molecule has 0 N–H and O–H groups in total. The van der Waals surface area contributed by atoms with Gasteiger partial charge in [-0.05, 0) is 102 Å². The molecule has 2 aromatic heterocycles. The molecule has 1 aliphatic carbocycles. The van der Waals surface area contributed by atoms with Crippen LogP contribution in [0.5, 0.6) is 0 Å². The van der Waals surface area contributed by atoms with E-state index in [1.54, 1.807) is 12.4 Å². The van der Waals surface area contributed by atoms with Crippen molar-refractivity contribution in [3.63, 3.8) is 0 Å². The van der Waals surface area contributed by atoms with E-state index in [4.69, 9.17) is 9.97 Å².